The summed E-state index contributed by atoms with van der Waals surface area (Å²) >= 11 is 0. The highest BCUT2D eigenvalue weighted by molar-refractivity contribution is 5.34. The van der Waals surface area contributed by atoms with E-state index in [-0.39, 0.29) is 0 Å². The smallest absolute Gasteiger partial charge is 0.119 e. The fourth-order valence-electron chi connectivity index (χ4n) is 1.98. The van der Waals surface area contributed by atoms with Crippen LogP contribution in [0.15, 0.2) is 24.3 Å². The highest BCUT2D eigenvalue weighted by Gasteiger charge is 2.23. The predicted molar refractivity (Wildman–Crippen MR) is 82.8 cm³/mol. The van der Waals surface area contributed by atoms with Crippen LogP contribution in [0.3, 0.4) is 0 Å². The lowest BCUT2D eigenvalue weighted by Crippen LogP contribution is -2.40. The first-order chi connectivity index (χ1) is 9.34. The molecule has 0 radical (unpaired) electrons. The third kappa shape index (κ3) is 5.22. The summed E-state index contributed by atoms with van der Waals surface area (Å²) in [6.45, 7) is 10.8. The minimum Gasteiger partial charge on any atom is -0.494 e. The molecule has 0 aliphatic rings. The Labute approximate surface area is 123 Å². The van der Waals surface area contributed by atoms with E-state index in [2.05, 4.69) is 45.7 Å². The number of ether oxygens (including phenoxy) is 1. The van der Waals surface area contributed by atoms with Gasteiger partial charge in [0, 0.05) is 12.6 Å². The molecule has 1 rings (SSSR count). The zero-order chi connectivity index (χ0) is 15.2. The van der Waals surface area contributed by atoms with E-state index in [1.165, 1.54) is 0 Å². The number of nitrogens with zero attached hydrogens (tertiary/aromatic N) is 2. The van der Waals surface area contributed by atoms with Crippen LogP contribution < -0.4 is 4.74 Å². The number of hydrogen-bond donors (Lipinski definition) is 0. The van der Waals surface area contributed by atoms with Crippen LogP contribution in [0.2, 0.25) is 0 Å². The molecule has 0 aliphatic carbocycles. The second-order valence-electron chi connectivity index (χ2n) is 6.36. The molecule has 0 aliphatic heterocycles. The predicted octanol–water partition coefficient (Wildman–Crippen LogP) is 3.69. The van der Waals surface area contributed by atoms with Crippen LogP contribution in [-0.2, 0) is 0 Å². The van der Waals surface area contributed by atoms with E-state index < -0.39 is 0 Å². The fourth-order valence-corrected chi connectivity index (χ4v) is 1.98. The summed E-state index contributed by atoms with van der Waals surface area (Å²) in [7, 11) is 2.16. The third-order valence-electron chi connectivity index (χ3n) is 3.82. The van der Waals surface area contributed by atoms with Crippen LogP contribution in [-0.4, -0.2) is 31.1 Å². The maximum Gasteiger partial charge on any atom is 0.119 e. The first-order valence-corrected chi connectivity index (χ1v) is 7.18. The average Bonchev–Trinajstić information content (AvgIpc) is 2.42. The van der Waals surface area contributed by atoms with Gasteiger partial charge in [-0.05, 0) is 50.1 Å². The van der Waals surface area contributed by atoms with Crippen LogP contribution in [0.25, 0.3) is 0 Å². The van der Waals surface area contributed by atoms with Gasteiger partial charge in [-0.1, -0.05) is 20.8 Å². The molecule has 1 unspecified atom stereocenters. The van der Waals surface area contributed by atoms with Crippen molar-refractivity contribution in [1.29, 1.82) is 5.26 Å². The molecule has 0 fully saturated rings. The minimum atomic E-state index is 0.294. The Morgan fingerprint density at radius 3 is 2.35 bits per heavy atom. The van der Waals surface area contributed by atoms with Gasteiger partial charge in [0.25, 0.3) is 0 Å². The number of hydrogen-bond acceptors (Lipinski definition) is 3. The lowest BCUT2D eigenvalue weighted by Gasteiger charge is -2.35. The van der Waals surface area contributed by atoms with E-state index in [0.717, 1.165) is 18.7 Å². The largest absolute Gasteiger partial charge is 0.494 e. The first kappa shape index (κ1) is 16.5. The molecule has 0 N–H and O–H groups in total. The van der Waals surface area contributed by atoms with Gasteiger partial charge in [0.2, 0.25) is 0 Å². The summed E-state index contributed by atoms with van der Waals surface area (Å²) in [6.07, 6.45) is 0.997. The molecule has 0 saturated carbocycles. The Morgan fingerprint density at radius 2 is 1.85 bits per heavy atom. The van der Waals surface area contributed by atoms with Gasteiger partial charge in [-0.3, -0.25) is 0 Å². The molecule has 0 spiro atoms. The average molecular weight is 274 g/mol. The lowest BCUT2D eigenvalue weighted by atomic mass is 9.87. The van der Waals surface area contributed by atoms with Crippen molar-refractivity contribution in [3.63, 3.8) is 0 Å². The standard InChI is InChI=1S/C17H26N2O/c1-14(17(2,3)4)19(5)11-6-12-20-16-9-7-15(13-18)8-10-16/h7-10,14H,6,11-12H2,1-5H3. The van der Waals surface area contributed by atoms with Crippen molar-refractivity contribution in [2.45, 2.75) is 40.2 Å². The summed E-state index contributed by atoms with van der Waals surface area (Å²) in [6, 6.07) is 9.90. The van der Waals surface area contributed by atoms with Crippen molar-refractivity contribution in [3.8, 4) is 11.8 Å². The maximum atomic E-state index is 8.72. The SMILES string of the molecule is CC(N(C)CCCOc1ccc(C#N)cc1)C(C)(C)C. The second-order valence-corrected chi connectivity index (χ2v) is 6.36. The Morgan fingerprint density at radius 1 is 1.25 bits per heavy atom. The van der Waals surface area contributed by atoms with Gasteiger partial charge in [-0.2, -0.15) is 5.26 Å². The molecule has 0 bridgehead atoms. The van der Waals surface area contributed by atoms with E-state index >= 15 is 0 Å². The summed E-state index contributed by atoms with van der Waals surface area (Å²) in [5, 5.41) is 8.72. The van der Waals surface area contributed by atoms with Crippen molar-refractivity contribution >= 4 is 0 Å². The summed E-state index contributed by atoms with van der Waals surface area (Å²) in [4.78, 5) is 2.38. The molecule has 20 heavy (non-hydrogen) atoms. The maximum absolute atomic E-state index is 8.72. The molecule has 0 heterocycles. The topological polar surface area (TPSA) is 36.3 Å². The van der Waals surface area contributed by atoms with Crippen molar-refractivity contribution in [1.82, 2.24) is 4.90 Å². The Hall–Kier alpha value is -1.53. The monoisotopic (exact) mass is 274 g/mol. The molecule has 1 aromatic rings. The molecule has 1 atom stereocenters. The van der Waals surface area contributed by atoms with E-state index in [1.807, 2.05) is 12.1 Å². The highest BCUT2D eigenvalue weighted by atomic mass is 16.5. The Balaban J connectivity index is 2.29. The molecule has 0 saturated heterocycles. The van der Waals surface area contributed by atoms with E-state index in [0.29, 0.717) is 23.6 Å². The molecule has 3 nitrogen and oxygen atoms in total. The van der Waals surface area contributed by atoms with Crippen molar-refractivity contribution in [3.05, 3.63) is 29.8 Å². The van der Waals surface area contributed by atoms with Crippen molar-refractivity contribution < 1.29 is 4.74 Å². The van der Waals surface area contributed by atoms with Gasteiger partial charge in [0.05, 0.1) is 18.2 Å². The van der Waals surface area contributed by atoms with Crippen molar-refractivity contribution in [2.24, 2.45) is 5.41 Å². The third-order valence-corrected chi connectivity index (χ3v) is 3.82. The first-order valence-electron chi connectivity index (χ1n) is 7.18. The molecular weight excluding hydrogens is 248 g/mol. The van der Waals surface area contributed by atoms with Crippen LogP contribution >= 0.6 is 0 Å². The van der Waals surface area contributed by atoms with Crippen LogP contribution in [0.4, 0.5) is 0 Å². The lowest BCUT2D eigenvalue weighted by molar-refractivity contribution is 0.133. The van der Waals surface area contributed by atoms with Gasteiger partial charge in [0.15, 0.2) is 0 Å². The van der Waals surface area contributed by atoms with E-state index in [4.69, 9.17) is 10.00 Å². The molecule has 110 valence electrons. The summed E-state index contributed by atoms with van der Waals surface area (Å²) in [5.41, 5.74) is 0.957. The van der Waals surface area contributed by atoms with Crippen LogP contribution in [0.1, 0.15) is 39.7 Å². The van der Waals surface area contributed by atoms with E-state index in [9.17, 15) is 0 Å². The highest BCUT2D eigenvalue weighted by Crippen LogP contribution is 2.23. The molecule has 3 heteroatoms. The number of rotatable bonds is 6. The molecule has 1 aromatic carbocycles. The van der Waals surface area contributed by atoms with Gasteiger partial charge in [-0.25, -0.2) is 0 Å². The normalized spacial score (nSPS) is 13.1. The Kier molecular flexibility index (Phi) is 6.04. The van der Waals surface area contributed by atoms with Crippen molar-refractivity contribution in [2.75, 3.05) is 20.2 Å². The summed E-state index contributed by atoms with van der Waals surface area (Å²) in [5.74, 6) is 0.829. The fraction of sp³-hybridized carbons (Fsp3) is 0.588. The molecule has 0 amide bonds. The molecule has 0 aromatic heterocycles. The zero-order valence-electron chi connectivity index (χ0n) is 13.3. The van der Waals surface area contributed by atoms with Gasteiger partial charge >= 0.3 is 0 Å². The Bertz CT molecular complexity index is 440. The zero-order valence-corrected chi connectivity index (χ0v) is 13.3. The number of nitriles is 1. The summed E-state index contributed by atoms with van der Waals surface area (Å²) < 4.78 is 5.69. The van der Waals surface area contributed by atoms with Crippen LogP contribution in [0.5, 0.6) is 5.75 Å². The minimum absolute atomic E-state index is 0.294. The van der Waals surface area contributed by atoms with Gasteiger partial charge in [0.1, 0.15) is 5.75 Å². The van der Waals surface area contributed by atoms with Crippen LogP contribution in [0, 0.1) is 16.7 Å². The van der Waals surface area contributed by atoms with E-state index in [1.54, 1.807) is 12.1 Å². The number of benzene rings is 1. The molecular formula is C17H26N2O. The van der Waals surface area contributed by atoms with Gasteiger partial charge < -0.3 is 9.64 Å². The quantitative estimate of drug-likeness (QED) is 0.742. The second kappa shape index (κ2) is 7.31. The van der Waals surface area contributed by atoms with Gasteiger partial charge in [-0.15, -0.1) is 0 Å².